The summed E-state index contributed by atoms with van der Waals surface area (Å²) >= 11 is 0. The SMILES string of the molecule is B.Cl.NCc1ccccc1. The molecule has 0 radical (unpaired) electrons. The van der Waals surface area contributed by atoms with Crippen LogP contribution in [0.4, 0.5) is 0 Å². The molecule has 3 heteroatoms. The molecule has 0 atom stereocenters. The monoisotopic (exact) mass is 157 g/mol. The Morgan fingerprint density at radius 1 is 1.10 bits per heavy atom. The van der Waals surface area contributed by atoms with Gasteiger partial charge < -0.3 is 5.73 Å². The van der Waals surface area contributed by atoms with Crippen molar-refractivity contribution < 1.29 is 0 Å². The predicted octanol–water partition coefficient (Wildman–Crippen LogP) is 0.383. The maximum Gasteiger partial charge on any atom is 0.0814 e. The number of halogens is 1. The molecule has 0 fully saturated rings. The van der Waals surface area contributed by atoms with Crippen LogP contribution >= 0.6 is 12.4 Å². The highest BCUT2D eigenvalue weighted by molar-refractivity contribution is 5.85. The second-order valence-corrected chi connectivity index (χ2v) is 1.69. The fourth-order valence-corrected chi connectivity index (χ4v) is 0.614. The zero-order valence-electron chi connectivity index (χ0n) is 5.08. The standard InChI is InChI=1S/C7H9N.BH3.ClH/c8-6-7-4-2-1-3-5-7;;/h1-5H,6,8H2;1H3;1H. The maximum atomic E-state index is 5.35. The lowest BCUT2D eigenvalue weighted by molar-refractivity contribution is 1.07. The van der Waals surface area contributed by atoms with Crippen LogP contribution in [-0.4, -0.2) is 8.41 Å². The zero-order chi connectivity index (χ0) is 5.82. The van der Waals surface area contributed by atoms with Gasteiger partial charge in [-0.05, 0) is 5.56 Å². The summed E-state index contributed by atoms with van der Waals surface area (Å²) < 4.78 is 0. The third kappa shape index (κ3) is 3.54. The van der Waals surface area contributed by atoms with E-state index in [-0.39, 0.29) is 20.8 Å². The highest BCUT2D eigenvalue weighted by Crippen LogP contribution is 1.94. The van der Waals surface area contributed by atoms with Crippen molar-refractivity contribution in [1.82, 2.24) is 0 Å². The van der Waals surface area contributed by atoms with Gasteiger partial charge in [0.25, 0.3) is 0 Å². The molecule has 0 aliphatic rings. The normalized spacial score (nSPS) is 7.30. The molecule has 0 saturated heterocycles. The van der Waals surface area contributed by atoms with E-state index in [0.717, 1.165) is 0 Å². The van der Waals surface area contributed by atoms with Crippen molar-refractivity contribution in [2.45, 2.75) is 6.54 Å². The van der Waals surface area contributed by atoms with Gasteiger partial charge in [-0.25, -0.2) is 0 Å². The highest BCUT2D eigenvalue weighted by Gasteiger charge is 1.80. The Balaban J connectivity index is 0. The quantitative estimate of drug-likeness (QED) is 0.586. The molecule has 1 rings (SSSR count). The van der Waals surface area contributed by atoms with E-state index in [9.17, 15) is 0 Å². The van der Waals surface area contributed by atoms with Crippen molar-refractivity contribution in [1.29, 1.82) is 0 Å². The highest BCUT2D eigenvalue weighted by atomic mass is 35.5. The van der Waals surface area contributed by atoms with Crippen LogP contribution in [0.2, 0.25) is 0 Å². The van der Waals surface area contributed by atoms with Gasteiger partial charge in [0, 0.05) is 6.54 Å². The molecule has 1 aromatic rings. The van der Waals surface area contributed by atoms with Crippen molar-refractivity contribution in [2.75, 3.05) is 0 Å². The lowest BCUT2D eigenvalue weighted by atomic mass is 10.2. The minimum Gasteiger partial charge on any atom is -0.326 e. The lowest BCUT2D eigenvalue weighted by Gasteiger charge is -1.90. The third-order valence-electron chi connectivity index (χ3n) is 1.08. The summed E-state index contributed by atoms with van der Waals surface area (Å²) in [5, 5.41) is 0. The van der Waals surface area contributed by atoms with Gasteiger partial charge >= 0.3 is 0 Å². The molecule has 0 unspecified atom stereocenters. The van der Waals surface area contributed by atoms with Gasteiger partial charge in [0.15, 0.2) is 0 Å². The summed E-state index contributed by atoms with van der Waals surface area (Å²) in [4.78, 5) is 0. The number of hydrogen-bond acceptors (Lipinski definition) is 1. The summed E-state index contributed by atoms with van der Waals surface area (Å²) in [5.41, 5.74) is 6.54. The first-order valence-corrected chi connectivity index (χ1v) is 2.67. The van der Waals surface area contributed by atoms with E-state index in [0.29, 0.717) is 6.54 Å². The summed E-state index contributed by atoms with van der Waals surface area (Å²) in [6.45, 7) is 0.640. The Morgan fingerprint density at radius 3 is 1.90 bits per heavy atom. The van der Waals surface area contributed by atoms with Gasteiger partial charge in [0.05, 0.1) is 8.41 Å². The van der Waals surface area contributed by atoms with Gasteiger partial charge in [0.1, 0.15) is 0 Å². The van der Waals surface area contributed by atoms with Gasteiger partial charge in [-0.3, -0.25) is 0 Å². The van der Waals surface area contributed by atoms with Crippen molar-refractivity contribution in [3.8, 4) is 0 Å². The Bertz CT molecular complexity index is 155. The van der Waals surface area contributed by atoms with Crippen molar-refractivity contribution in [3.63, 3.8) is 0 Å². The first-order valence-electron chi connectivity index (χ1n) is 2.67. The van der Waals surface area contributed by atoms with Crippen LogP contribution in [0.1, 0.15) is 5.56 Å². The number of hydrogen-bond donors (Lipinski definition) is 1. The van der Waals surface area contributed by atoms with E-state index in [2.05, 4.69) is 0 Å². The van der Waals surface area contributed by atoms with E-state index >= 15 is 0 Å². The van der Waals surface area contributed by atoms with E-state index in [1.54, 1.807) is 0 Å². The molecule has 1 aromatic carbocycles. The van der Waals surface area contributed by atoms with Crippen molar-refractivity contribution >= 4 is 20.8 Å². The summed E-state index contributed by atoms with van der Waals surface area (Å²) in [7, 11) is 0. The van der Waals surface area contributed by atoms with Crippen LogP contribution in [-0.2, 0) is 6.54 Å². The molecule has 56 valence electrons. The molecule has 10 heavy (non-hydrogen) atoms. The second kappa shape index (κ2) is 6.65. The number of nitrogens with two attached hydrogens (primary N) is 1. The molecule has 0 bridgehead atoms. The van der Waals surface area contributed by atoms with Gasteiger partial charge in [-0.15, -0.1) is 12.4 Å². The summed E-state index contributed by atoms with van der Waals surface area (Å²) in [5.74, 6) is 0. The predicted molar refractivity (Wildman–Crippen MR) is 51.5 cm³/mol. The van der Waals surface area contributed by atoms with Crippen molar-refractivity contribution in [2.24, 2.45) is 5.73 Å². The van der Waals surface area contributed by atoms with E-state index in [4.69, 9.17) is 5.73 Å². The second-order valence-electron chi connectivity index (χ2n) is 1.69. The summed E-state index contributed by atoms with van der Waals surface area (Å²) in [6.07, 6.45) is 0. The Hall–Kier alpha value is -0.465. The van der Waals surface area contributed by atoms with E-state index in [1.807, 2.05) is 30.3 Å². The molecular formula is C7H13BClN. The van der Waals surface area contributed by atoms with Crippen LogP contribution < -0.4 is 5.73 Å². The third-order valence-corrected chi connectivity index (χ3v) is 1.08. The Kier molecular flexibility index (Phi) is 8.14. The summed E-state index contributed by atoms with van der Waals surface area (Å²) in [6, 6.07) is 9.99. The molecule has 0 aliphatic heterocycles. The molecular weight excluding hydrogens is 144 g/mol. The van der Waals surface area contributed by atoms with E-state index in [1.165, 1.54) is 5.56 Å². The first kappa shape index (κ1) is 12.2. The molecule has 1 nitrogen and oxygen atoms in total. The molecule has 0 amide bonds. The zero-order valence-corrected chi connectivity index (χ0v) is 5.90. The maximum absolute atomic E-state index is 5.35. The first-order chi connectivity index (χ1) is 3.93. The number of rotatable bonds is 1. The van der Waals surface area contributed by atoms with E-state index < -0.39 is 0 Å². The van der Waals surface area contributed by atoms with Crippen molar-refractivity contribution in [3.05, 3.63) is 35.9 Å². The fraction of sp³-hybridized carbons (Fsp3) is 0.143. The van der Waals surface area contributed by atoms with Gasteiger partial charge in [-0.1, -0.05) is 30.3 Å². The molecule has 0 heterocycles. The molecule has 0 saturated carbocycles. The van der Waals surface area contributed by atoms with Gasteiger partial charge in [0.2, 0.25) is 0 Å². The Morgan fingerprint density at radius 2 is 1.60 bits per heavy atom. The van der Waals surface area contributed by atoms with Crippen LogP contribution in [0.5, 0.6) is 0 Å². The topological polar surface area (TPSA) is 26.0 Å². The van der Waals surface area contributed by atoms with Gasteiger partial charge in [-0.2, -0.15) is 0 Å². The van der Waals surface area contributed by atoms with Crippen LogP contribution in [0, 0.1) is 0 Å². The molecule has 0 spiro atoms. The minimum atomic E-state index is 0. The molecule has 0 aliphatic carbocycles. The average Bonchev–Trinajstić information content (AvgIpc) is 1.90. The molecule has 2 N–H and O–H groups in total. The minimum absolute atomic E-state index is 0. The lowest BCUT2D eigenvalue weighted by Crippen LogP contribution is -1.94. The number of benzene rings is 1. The average molecular weight is 157 g/mol. The smallest absolute Gasteiger partial charge is 0.0814 e. The largest absolute Gasteiger partial charge is 0.326 e. The molecule has 0 aromatic heterocycles. The van der Waals surface area contributed by atoms with Crippen LogP contribution in [0.15, 0.2) is 30.3 Å². The Labute approximate surface area is 69.6 Å². The fourth-order valence-electron chi connectivity index (χ4n) is 0.614. The van der Waals surface area contributed by atoms with Crippen LogP contribution in [0.25, 0.3) is 0 Å². The van der Waals surface area contributed by atoms with Crippen LogP contribution in [0.3, 0.4) is 0 Å².